The van der Waals surface area contributed by atoms with Crippen LogP contribution in [0.4, 0.5) is 0 Å². The molecule has 0 spiro atoms. The third-order valence-corrected chi connectivity index (χ3v) is 24.8. The minimum atomic E-state index is -2.92. The molecule has 56 heavy (non-hydrogen) atoms. The van der Waals surface area contributed by atoms with Crippen LogP contribution in [0.2, 0.25) is 21.7 Å². The molecule has 2 saturated heterocycles. The van der Waals surface area contributed by atoms with E-state index in [1.165, 1.54) is 0 Å². The molecule has 2 aromatic carbocycles. The minimum Gasteiger partial charge on any atom is -0.413 e. The molecule has 0 aromatic heterocycles. The zero-order chi connectivity index (χ0) is 41.9. The standard InChI is InChI=1S/C46H76O8Si2/c1-31(2)55(32(3)4,33(5)6)54-40-28-36(52-39(25-26-47)35(40)8)29-46(50-14)43(49)34(7)27-42(53-46)45(12,13)41(48)30-51-56(44(9,10)11,37-21-17-15-18-22-37)38-23-19-16-20-24-38/h15-24,31-36,39-42,47-48H,25-30H2,1-14H3/t34-,35+,36+,39+,40+,41-,42-,46-/m1/s1. The number of ketones is 1. The van der Waals surface area contributed by atoms with Crippen molar-refractivity contribution in [1.82, 2.24) is 0 Å². The van der Waals surface area contributed by atoms with Crippen LogP contribution in [0, 0.1) is 17.3 Å². The van der Waals surface area contributed by atoms with Crippen molar-refractivity contribution in [2.45, 2.75) is 174 Å². The molecule has 2 aromatic rings. The van der Waals surface area contributed by atoms with E-state index < -0.39 is 46.1 Å². The molecule has 0 unspecified atom stereocenters. The minimum absolute atomic E-state index is 0.00156. The van der Waals surface area contributed by atoms with Crippen molar-refractivity contribution in [3.8, 4) is 0 Å². The van der Waals surface area contributed by atoms with Crippen LogP contribution < -0.4 is 10.4 Å². The maximum absolute atomic E-state index is 14.3. The van der Waals surface area contributed by atoms with Crippen LogP contribution in [0.3, 0.4) is 0 Å². The summed E-state index contributed by atoms with van der Waals surface area (Å²) in [5, 5.41) is 24.3. The largest absolute Gasteiger partial charge is 0.413 e. The molecule has 8 nitrogen and oxygen atoms in total. The third kappa shape index (κ3) is 9.19. The lowest BCUT2D eigenvalue weighted by atomic mass is 9.73. The van der Waals surface area contributed by atoms with Crippen molar-refractivity contribution in [3.05, 3.63) is 60.7 Å². The number of aliphatic hydroxyl groups excluding tert-OH is 2. The monoisotopic (exact) mass is 813 g/mol. The van der Waals surface area contributed by atoms with Crippen LogP contribution in [-0.2, 0) is 27.9 Å². The number of benzene rings is 2. The highest BCUT2D eigenvalue weighted by atomic mass is 28.4. The Bertz CT molecular complexity index is 1470. The lowest BCUT2D eigenvalue weighted by Gasteiger charge is -2.52. The molecule has 2 aliphatic rings. The quantitative estimate of drug-likeness (QED) is 0.154. The SMILES string of the molecule is CO[C@]1(C[C@@H]2C[C@H](O[Si](C(C)C)(C(C)C)C(C)C)[C@@H](C)[C@H](CCO)O2)O[C@@H](C(C)(C)[C@H](O)CO[Si](c2ccccc2)(c2ccccc2)C(C)(C)C)C[C@@H](C)C1=O. The third-order valence-electron chi connectivity index (χ3n) is 13.6. The van der Waals surface area contributed by atoms with Gasteiger partial charge in [-0.3, -0.25) is 4.79 Å². The number of hydrogen-bond acceptors (Lipinski definition) is 8. The van der Waals surface area contributed by atoms with Crippen LogP contribution in [0.5, 0.6) is 0 Å². The first-order chi connectivity index (χ1) is 26.1. The first-order valence-electron chi connectivity index (χ1n) is 21.3. The Morgan fingerprint density at radius 3 is 1.82 bits per heavy atom. The van der Waals surface area contributed by atoms with Gasteiger partial charge in [-0.05, 0) is 51.3 Å². The van der Waals surface area contributed by atoms with Crippen LogP contribution in [0.25, 0.3) is 0 Å². The van der Waals surface area contributed by atoms with Gasteiger partial charge >= 0.3 is 0 Å². The summed E-state index contributed by atoms with van der Waals surface area (Å²) in [6.45, 7) is 28.7. The van der Waals surface area contributed by atoms with Crippen LogP contribution in [-0.4, -0.2) is 89.3 Å². The summed E-state index contributed by atoms with van der Waals surface area (Å²) in [7, 11) is -3.63. The molecule has 2 N–H and O–H groups in total. The summed E-state index contributed by atoms with van der Waals surface area (Å²) < 4.78 is 34.4. The van der Waals surface area contributed by atoms with E-state index in [1.807, 2.05) is 32.9 Å². The van der Waals surface area contributed by atoms with E-state index in [4.69, 9.17) is 23.1 Å². The normalized spacial score (nSPS) is 27.7. The van der Waals surface area contributed by atoms with Gasteiger partial charge in [-0.2, -0.15) is 0 Å². The first-order valence-corrected chi connectivity index (χ1v) is 25.3. The Balaban J connectivity index is 1.64. The number of ether oxygens (including phenoxy) is 3. The molecular weight excluding hydrogens is 737 g/mol. The maximum atomic E-state index is 14.3. The summed E-state index contributed by atoms with van der Waals surface area (Å²) in [6, 6.07) is 20.9. The Kier molecular flexibility index (Phi) is 15.7. The van der Waals surface area contributed by atoms with Gasteiger partial charge in [0.05, 0.1) is 37.1 Å². The number of carbonyl (C=O) groups excluding carboxylic acids is 1. The highest BCUT2D eigenvalue weighted by molar-refractivity contribution is 6.99. The molecule has 0 bridgehead atoms. The molecule has 0 aliphatic carbocycles. The highest BCUT2D eigenvalue weighted by Gasteiger charge is 2.57. The fourth-order valence-corrected chi connectivity index (χ4v) is 20.4. The van der Waals surface area contributed by atoms with Gasteiger partial charge in [0, 0.05) is 37.4 Å². The number of methoxy groups -OCH3 is 1. The molecule has 2 fully saturated rings. The number of Topliss-reactive ketones (excluding diaryl/α,β-unsaturated/α-hetero) is 1. The second-order valence-corrected chi connectivity index (χ2v) is 29.2. The van der Waals surface area contributed by atoms with E-state index in [9.17, 15) is 15.0 Å². The fourth-order valence-electron chi connectivity index (χ4n) is 10.2. The molecule has 0 saturated carbocycles. The van der Waals surface area contributed by atoms with Gasteiger partial charge in [-0.25, -0.2) is 0 Å². The van der Waals surface area contributed by atoms with Crippen LogP contribution >= 0.6 is 0 Å². The molecule has 8 atom stereocenters. The molecule has 4 rings (SSSR count). The number of carbonyl (C=O) groups is 1. The molecule has 2 aliphatic heterocycles. The smallest absolute Gasteiger partial charge is 0.261 e. The zero-order valence-corrected chi connectivity index (χ0v) is 39.1. The Morgan fingerprint density at radius 2 is 1.38 bits per heavy atom. The Morgan fingerprint density at radius 1 is 0.857 bits per heavy atom. The van der Waals surface area contributed by atoms with Crippen molar-refractivity contribution in [3.63, 3.8) is 0 Å². The van der Waals surface area contributed by atoms with Crippen molar-refractivity contribution < 1.29 is 38.1 Å². The maximum Gasteiger partial charge on any atom is 0.261 e. The average molecular weight is 813 g/mol. The first kappa shape index (κ1) is 46.9. The van der Waals surface area contributed by atoms with Gasteiger partial charge in [-0.15, -0.1) is 0 Å². The zero-order valence-electron chi connectivity index (χ0n) is 37.1. The average Bonchev–Trinajstić information content (AvgIpc) is 3.14. The van der Waals surface area contributed by atoms with Gasteiger partial charge in [0.1, 0.15) is 0 Å². The Hall–Kier alpha value is -1.74. The number of aliphatic hydroxyl groups is 2. The second-order valence-electron chi connectivity index (χ2n) is 19.5. The summed E-state index contributed by atoms with van der Waals surface area (Å²) in [5.41, 5.74) is 0.430. The van der Waals surface area contributed by atoms with Crippen molar-refractivity contribution in [1.29, 1.82) is 0 Å². The van der Waals surface area contributed by atoms with Gasteiger partial charge < -0.3 is 33.3 Å². The van der Waals surface area contributed by atoms with E-state index in [-0.39, 0.29) is 54.5 Å². The summed E-state index contributed by atoms with van der Waals surface area (Å²) in [5.74, 6) is -1.98. The molecule has 10 heteroatoms. The topological polar surface area (TPSA) is 104 Å². The van der Waals surface area contributed by atoms with Gasteiger partial charge in [0.15, 0.2) is 5.78 Å². The molecular formula is C46H76O8Si2. The van der Waals surface area contributed by atoms with Crippen molar-refractivity contribution in [2.75, 3.05) is 20.3 Å². The number of rotatable bonds is 17. The van der Waals surface area contributed by atoms with Crippen LogP contribution in [0.15, 0.2) is 60.7 Å². The number of hydrogen-bond donors (Lipinski definition) is 2. The van der Waals surface area contributed by atoms with Gasteiger partial charge in [0.2, 0.25) is 14.1 Å². The second kappa shape index (κ2) is 18.7. The van der Waals surface area contributed by atoms with Crippen LogP contribution in [0.1, 0.15) is 116 Å². The van der Waals surface area contributed by atoms with Gasteiger partial charge in [-0.1, -0.05) is 151 Å². The summed E-state index contributed by atoms with van der Waals surface area (Å²) >= 11 is 0. The fraction of sp³-hybridized carbons (Fsp3) is 0.717. The van der Waals surface area contributed by atoms with E-state index in [2.05, 4.69) is 118 Å². The highest BCUT2D eigenvalue weighted by Crippen LogP contribution is 2.48. The van der Waals surface area contributed by atoms with Crippen molar-refractivity contribution >= 4 is 32.8 Å². The predicted molar refractivity (Wildman–Crippen MR) is 231 cm³/mol. The molecule has 2 heterocycles. The molecule has 0 amide bonds. The van der Waals surface area contributed by atoms with E-state index in [0.717, 1.165) is 10.4 Å². The van der Waals surface area contributed by atoms with E-state index in [1.54, 1.807) is 7.11 Å². The lowest BCUT2D eigenvalue weighted by Crippen LogP contribution is -2.67. The molecule has 316 valence electrons. The van der Waals surface area contributed by atoms with Crippen molar-refractivity contribution in [2.24, 2.45) is 17.3 Å². The Labute approximate surface area is 341 Å². The predicted octanol–water partition coefficient (Wildman–Crippen LogP) is 8.41. The lowest BCUT2D eigenvalue weighted by molar-refractivity contribution is -0.291. The van der Waals surface area contributed by atoms with E-state index in [0.29, 0.717) is 35.9 Å². The molecule has 0 radical (unpaired) electrons. The van der Waals surface area contributed by atoms with E-state index >= 15 is 0 Å². The summed E-state index contributed by atoms with van der Waals surface area (Å²) in [4.78, 5) is 14.3. The summed E-state index contributed by atoms with van der Waals surface area (Å²) in [6.07, 6.45) is -0.434. The van der Waals surface area contributed by atoms with Gasteiger partial charge in [0.25, 0.3) is 8.32 Å².